The molecule has 3 N–H and O–H groups in total. The third-order valence-corrected chi connectivity index (χ3v) is 5.47. The summed E-state index contributed by atoms with van der Waals surface area (Å²) in [5, 5.41) is 9.55. The van der Waals surface area contributed by atoms with Crippen molar-refractivity contribution in [1.29, 1.82) is 0 Å². The number of aromatic nitrogens is 2. The quantitative estimate of drug-likeness (QED) is 0.719. The molecule has 0 radical (unpaired) electrons. The zero-order valence-corrected chi connectivity index (χ0v) is 17.2. The van der Waals surface area contributed by atoms with Crippen molar-refractivity contribution in [3.63, 3.8) is 0 Å². The number of anilines is 3. The van der Waals surface area contributed by atoms with Crippen molar-refractivity contribution < 1.29 is 9.13 Å². The van der Waals surface area contributed by atoms with Crippen LogP contribution in [0.1, 0.15) is 43.0 Å². The maximum atomic E-state index is 15.8. The summed E-state index contributed by atoms with van der Waals surface area (Å²) in [4.78, 5) is 8.82. The Bertz CT molecular complexity index is 943. The van der Waals surface area contributed by atoms with E-state index in [9.17, 15) is 0 Å². The Morgan fingerprint density at radius 3 is 2.93 bits per heavy atom. The van der Waals surface area contributed by atoms with Crippen molar-refractivity contribution in [2.24, 2.45) is 0 Å². The first kappa shape index (κ1) is 19.6. The smallest absolute Gasteiger partial charge is 0.229 e. The Kier molecular flexibility index (Phi) is 5.67. The Morgan fingerprint density at radius 1 is 1.24 bits per heavy atom. The van der Waals surface area contributed by atoms with Gasteiger partial charge in [0.15, 0.2) is 5.82 Å². The number of aryl methyl sites for hydroxylation is 2. The Morgan fingerprint density at radius 2 is 2.10 bits per heavy atom. The van der Waals surface area contributed by atoms with Crippen LogP contribution in [-0.2, 0) is 6.42 Å². The second kappa shape index (κ2) is 8.37. The largest absolute Gasteiger partial charge is 0.493 e. The molecule has 0 saturated carbocycles. The van der Waals surface area contributed by atoms with Gasteiger partial charge in [-0.2, -0.15) is 4.98 Å². The molecule has 0 saturated heterocycles. The van der Waals surface area contributed by atoms with Gasteiger partial charge < -0.3 is 20.7 Å². The van der Waals surface area contributed by atoms with Gasteiger partial charge in [-0.3, -0.25) is 0 Å². The number of hydrogen-bond acceptors (Lipinski definition) is 6. The van der Waals surface area contributed by atoms with E-state index in [1.54, 1.807) is 7.05 Å². The Hall–Kier alpha value is -2.67. The van der Waals surface area contributed by atoms with E-state index in [1.165, 1.54) is 0 Å². The van der Waals surface area contributed by atoms with E-state index >= 15 is 4.39 Å². The second-order valence-corrected chi connectivity index (χ2v) is 7.72. The number of nitrogens with one attached hydrogen (secondary N) is 3. The molecule has 2 aliphatic heterocycles. The minimum atomic E-state index is -0.303. The molecule has 0 fully saturated rings. The summed E-state index contributed by atoms with van der Waals surface area (Å²) < 4.78 is 21.7. The SMILES string of the molecule is CNc1cc(C)nc(Nc2cc3c(c(C4=CCN[C@H](C)CC4)c2F)OCCC3)n1. The summed E-state index contributed by atoms with van der Waals surface area (Å²) >= 11 is 0. The molecule has 0 bridgehead atoms. The van der Waals surface area contributed by atoms with E-state index in [-0.39, 0.29) is 5.82 Å². The minimum absolute atomic E-state index is 0.303. The first-order chi connectivity index (χ1) is 14.0. The van der Waals surface area contributed by atoms with Crippen molar-refractivity contribution >= 4 is 23.0 Å². The molecular formula is C22H28FN5O. The molecule has 2 aliphatic rings. The average Bonchev–Trinajstić information content (AvgIpc) is 2.92. The number of hydrogen-bond donors (Lipinski definition) is 3. The number of ether oxygens (including phenoxy) is 1. The molecule has 154 valence electrons. The average molecular weight is 397 g/mol. The molecule has 0 spiro atoms. The molecule has 0 amide bonds. The number of allylic oxidation sites excluding steroid dienone is 1. The third kappa shape index (κ3) is 4.19. The van der Waals surface area contributed by atoms with E-state index in [0.717, 1.165) is 49.1 Å². The Balaban J connectivity index is 1.77. The van der Waals surface area contributed by atoms with Crippen molar-refractivity contribution in [1.82, 2.24) is 15.3 Å². The van der Waals surface area contributed by atoms with Crippen LogP contribution in [0.4, 0.5) is 21.8 Å². The standard InChI is InChI=1S/C22H28FN5O/c1-13-6-7-15(8-9-25-13)19-20(23)17(12-16-5-4-10-29-21(16)19)27-22-26-14(2)11-18(24-3)28-22/h8,11-13,25H,4-7,9-10H2,1-3H3,(H2,24,26,27,28)/t13-/m1/s1. The van der Waals surface area contributed by atoms with E-state index in [2.05, 4.69) is 38.9 Å². The molecule has 1 atom stereocenters. The van der Waals surface area contributed by atoms with Crippen LogP contribution < -0.4 is 20.7 Å². The first-order valence-corrected chi connectivity index (χ1v) is 10.3. The maximum Gasteiger partial charge on any atom is 0.229 e. The topological polar surface area (TPSA) is 71.1 Å². The van der Waals surface area contributed by atoms with Crippen LogP contribution in [0, 0.1) is 12.7 Å². The van der Waals surface area contributed by atoms with E-state index in [0.29, 0.717) is 41.4 Å². The third-order valence-electron chi connectivity index (χ3n) is 5.47. The summed E-state index contributed by atoms with van der Waals surface area (Å²) in [5.74, 6) is 1.46. The predicted octanol–water partition coefficient (Wildman–Crippen LogP) is 4.19. The van der Waals surface area contributed by atoms with Gasteiger partial charge in [-0.1, -0.05) is 6.08 Å². The minimum Gasteiger partial charge on any atom is -0.493 e. The molecule has 1 aromatic carbocycles. The fraction of sp³-hybridized carbons (Fsp3) is 0.455. The molecular weight excluding hydrogens is 369 g/mol. The monoisotopic (exact) mass is 397 g/mol. The van der Waals surface area contributed by atoms with Gasteiger partial charge in [0, 0.05) is 31.4 Å². The highest BCUT2D eigenvalue weighted by atomic mass is 19.1. The highest BCUT2D eigenvalue weighted by Gasteiger charge is 2.26. The zero-order valence-electron chi connectivity index (χ0n) is 17.2. The molecule has 6 nitrogen and oxygen atoms in total. The van der Waals surface area contributed by atoms with Crippen LogP contribution in [0.3, 0.4) is 0 Å². The van der Waals surface area contributed by atoms with Gasteiger partial charge in [-0.05, 0) is 56.7 Å². The van der Waals surface area contributed by atoms with Crippen LogP contribution in [0.15, 0.2) is 18.2 Å². The van der Waals surface area contributed by atoms with Crippen molar-refractivity contribution in [2.75, 3.05) is 30.8 Å². The molecule has 4 rings (SSSR count). The molecule has 0 aliphatic carbocycles. The molecule has 2 aromatic rings. The highest BCUT2D eigenvalue weighted by Crippen LogP contribution is 2.41. The van der Waals surface area contributed by atoms with Crippen LogP contribution in [0.5, 0.6) is 5.75 Å². The maximum absolute atomic E-state index is 15.8. The summed E-state index contributed by atoms with van der Waals surface area (Å²) in [6.07, 6.45) is 5.67. The van der Waals surface area contributed by atoms with E-state index in [4.69, 9.17) is 4.74 Å². The summed E-state index contributed by atoms with van der Waals surface area (Å²) in [6.45, 7) is 5.40. The van der Waals surface area contributed by atoms with Crippen molar-refractivity contribution in [3.05, 3.63) is 40.8 Å². The first-order valence-electron chi connectivity index (χ1n) is 10.3. The summed E-state index contributed by atoms with van der Waals surface area (Å²) in [7, 11) is 1.80. The van der Waals surface area contributed by atoms with E-state index in [1.807, 2.05) is 19.1 Å². The number of nitrogens with zero attached hydrogens (tertiary/aromatic N) is 2. The van der Waals surface area contributed by atoms with Gasteiger partial charge in [0.2, 0.25) is 5.95 Å². The lowest BCUT2D eigenvalue weighted by molar-refractivity contribution is 0.285. The molecule has 0 unspecified atom stereocenters. The summed E-state index contributed by atoms with van der Waals surface area (Å²) in [5.41, 5.74) is 3.82. The Labute approximate surface area is 171 Å². The lowest BCUT2D eigenvalue weighted by Crippen LogP contribution is -2.24. The van der Waals surface area contributed by atoms with Crippen LogP contribution in [0.2, 0.25) is 0 Å². The number of benzene rings is 1. The number of halogens is 1. The molecule has 1 aromatic heterocycles. The second-order valence-electron chi connectivity index (χ2n) is 7.72. The molecule has 29 heavy (non-hydrogen) atoms. The lowest BCUT2D eigenvalue weighted by atomic mass is 9.93. The van der Waals surface area contributed by atoms with Gasteiger partial charge in [0.1, 0.15) is 11.6 Å². The lowest BCUT2D eigenvalue weighted by Gasteiger charge is -2.24. The van der Waals surface area contributed by atoms with Gasteiger partial charge in [0.05, 0.1) is 17.9 Å². The molecule has 7 heteroatoms. The van der Waals surface area contributed by atoms with Gasteiger partial charge in [-0.25, -0.2) is 9.37 Å². The van der Waals surface area contributed by atoms with Crippen LogP contribution in [0.25, 0.3) is 5.57 Å². The van der Waals surface area contributed by atoms with Gasteiger partial charge in [0.25, 0.3) is 0 Å². The van der Waals surface area contributed by atoms with Gasteiger partial charge >= 0.3 is 0 Å². The van der Waals surface area contributed by atoms with Crippen LogP contribution in [-0.4, -0.2) is 36.2 Å². The van der Waals surface area contributed by atoms with Crippen molar-refractivity contribution in [2.45, 2.75) is 45.6 Å². The normalized spacial score (nSPS) is 18.9. The van der Waals surface area contributed by atoms with Crippen molar-refractivity contribution in [3.8, 4) is 5.75 Å². The highest BCUT2D eigenvalue weighted by molar-refractivity contribution is 5.78. The zero-order chi connectivity index (χ0) is 20.4. The number of fused-ring (bicyclic) bond motifs is 1. The number of rotatable bonds is 4. The van der Waals surface area contributed by atoms with Gasteiger partial charge in [-0.15, -0.1) is 0 Å². The summed E-state index contributed by atoms with van der Waals surface area (Å²) in [6, 6.07) is 4.10. The van der Waals surface area contributed by atoms with Crippen LogP contribution >= 0.6 is 0 Å². The molecule has 3 heterocycles. The predicted molar refractivity (Wildman–Crippen MR) is 114 cm³/mol. The van der Waals surface area contributed by atoms with E-state index < -0.39 is 0 Å². The fourth-order valence-corrected chi connectivity index (χ4v) is 3.92. The fourth-order valence-electron chi connectivity index (χ4n) is 3.92.